The summed E-state index contributed by atoms with van der Waals surface area (Å²) in [6.07, 6.45) is 4.13. The number of nitrogens with one attached hydrogen (secondary N) is 1. The number of rotatable bonds is 3. The summed E-state index contributed by atoms with van der Waals surface area (Å²) in [4.78, 5) is 3.77. The second-order valence-corrected chi connectivity index (χ2v) is 5.40. The molecule has 0 aliphatic heterocycles. The first-order valence-electron chi connectivity index (χ1n) is 5.00. The first-order valence-corrected chi connectivity index (χ1v) is 6.48. The number of nitriles is 1. The van der Waals surface area contributed by atoms with E-state index >= 15 is 0 Å². The van der Waals surface area contributed by atoms with E-state index < -0.39 is 10.0 Å². The Morgan fingerprint density at radius 2 is 2.25 bits per heavy atom. The predicted molar refractivity (Wildman–Crippen MR) is 56.9 cm³/mol. The lowest BCUT2D eigenvalue weighted by molar-refractivity contribution is 0.383. The summed E-state index contributed by atoms with van der Waals surface area (Å²) in [5.74, 6) is 0. The third-order valence-electron chi connectivity index (χ3n) is 2.57. The van der Waals surface area contributed by atoms with Gasteiger partial charge in [0.05, 0.1) is 11.6 Å². The van der Waals surface area contributed by atoms with Crippen LogP contribution in [0.2, 0.25) is 0 Å². The Kier molecular flexibility index (Phi) is 2.90. The Morgan fingerprint density at radius 3 is 2.81 bits per heavy atom. The van der Waals surface area contributed by atoms with Crippen LogP contribution in [0.1, 0.15) is 24.8 Å². The van der Waals surface area contributed by atoms with Crippen molar-refractivity contribution in [2.75, 3.05) is 0 Å². The molecule has 1 aliphatic rings. The minimum Gasteiger partial charge on any atom is -0.243 e. The van der Waals surface area contributed by atoms with Crippen LogP contribution in [0.15, 0.2) is 23.4 Å². The highest BCUT2D eigenvalue weighted by Crippen LogP contribution is 2.20. The molecule has 5 nitrogen and oxygen atoms in total. The van der Waals surface area contributed by atoms with Gasteiger partial charge in [-0.25, -0.2) is 18.1 Å². The highest BCUT2D eigenvalue weighted by molar-refractivity contribution is 7.89. The smallest absolute Gasteiger partial charge is 0.243 e. The van der Waals surface area contributed by atoms with Crippen LogP contribution in [-0.2, 0) is 10.0 Å². The van der Waals surface area contributed by atoms with Gasteiger partial charge in [-0.1, -0.05) is 6.42 Å². The van der Waals surface area contributed by atoms with Gasteiger partial charge in [-0.15, -0.1) is 0 Å². The second-order valence-electron chi connectivity index (χ2n) is 3.74. The molecule has 1 fully saturated rings. The largest absolute Gasteiger partial charge is 0.258 e. The van der Waals surface area contributed by atoms with Crippen molar-refractivity contribution in [3.05, 3.63) is 23.9 Å². The van der Waals surface area contributed by atoms with E-state index in [1.54, 1.807) is 0 Å². The zero-order valence-corrected chi connectivity index (χ0v) is 9.37. The summed E-state index contributed by atoms with van der Waals surface area (Å²) < 4.78 is 26.2. The molecule has 1 saturated carbocycles. The Bertz CT molecular complexity index is 529. The van der Waals surface area contributed by atoms with Crippen molar-refractivity contribution in [3.8, 4) is 6.07 Å². The molecule has 1 aliphatic carbocycles. The molecule has 0 amide bonds. The molecular formula is C10H11N3O2S. The maximum atomic E-state index is 11.8. The molecule has 0 aromatic carbocycles. The first kappa shape index (κ1) is 11.0. The average molecular weight is 237 g/mol. The van der Waals surface area contributed by atoms with Gasteiger partial charge in [-0.05, 0) is 25.0 Å². The van der Waals surface area contributed by atoms with Gasteiger partial charge in [0.15, 0.2) is 5.03 Å². The van der Waals surface area contributed by atoms with Crippen LogP contribution >= 0.6 is 0 Å². The topological polar surface area (TPSA) is 82.8 Å². The number of sulfonamides is 1. The molecule has 0 spiro atoms. The quantitative estimate of drug-likeness (QED) is 0.842. The van der Waals surface area contributed by atoms with Gasteiger partial charge in [0.2, 0.25) is 0 Å². The summed E-state index contributed by atoms with van der Waals surface area (Å²) in [7, 11) is -3.57. The Hall–Kier alpha value is -1.45. The third-order valence-corrected chi connectivity index (χ3v) is 3.98. The van der Waals surface area contributed by atoms with Gasteiger partial charge in [0.25, 0.3) is 10.0 Å². The van der Waals surface area contributed by atoms with Crippen molar-refractivity contribution in [3.63, 3.8) is 0 Å². The van der Waals surface area contributed by atoms with Crippen molar-refractivity contribution in [2.24, 2.45) is 0 Å². The predicted octanol–water partition coefficient (Wildman–Crippen LogP) is 0.784. The molecule has 1 aromatic rings. The van der Waals surface area contributed by atoms with Crippen LogP contribution < -0.4 is 4.72 Å². The molecule has 0 unspecified atom stereocenters. The average Bonchev–Trinajstić information content (AvgIpc) is 2.24. The van der Waals surface area contributed by atoms with E-state index in [1.807, 2.05) is 6.07 Å². The van der Waals surface area contributed by atoms with Crippen LogP contribution in [0.3, 0.4) is 0 Å². The monoisotopic (exact) mass is 237 g/mol. The summed E-state index contributed by atoms with van der Waals surface area (Å²) in [5, 5.41) is 8.59. The summed E-state index contributed by atoms with van der Waals surface area (Å²) in [5.41, 5.74) is 0.295. The molecule has 0 atom stereocenters. The lowest BCUT2D eigenvalue weighted by Gasteiger charge is -2.25. The zero-order valence-electron chi connectivity index (χ0n) is 8.55. The fourth-order valence-electron chi connectivity index (χ4n) is 1.43. The zero-order chi connectivity index (χ0) is 11.6. The molecule has 0 radical (unpaired) electrons. The van der Waals surface area contributed by atoms with Crippen LogP contribution in [-0.4, -0.2) is 19.4 Å². The Balaban J connectivity index is 2.24. The molecule has 0 bridgehead atoms. The lowest BCUT2D eigenvalue weighted by Crippen LogP contribution is -2.39. The summed E-state index contributed by atoms with van der Waals surface area (Å²) in [6, 6.07) is 4.67. The van der Waals surface area contributed by atoms with Gasteiger partial charge in [0, 0.05) is 12.2 Å². The third kappa shape index (κ3) is 2.21. The standard InChI is InChI=1S/C10H11N3O2S/c11-7-8-4-5-12-10(6-8)16(14,15)13-9-2-1-3-9/h4-6,9,13H,1-3H2. The van der Waals surface area contributed by atoms with Crippen LogP contribution in [0.25, 0.3) is 0 Å². The number of aromatic nitrogens is 1. The van der Waals surface area contributed by atoms with E-state index in [-0.39, 0.29) is 11.1 Å². The fourth-order valence-corrected chi connectivity index (χ4v) is 2.71. The molecule has 1 aromatic heterocycles. The van der Waals surface area contributed by atoms with Gasteiger partial charge < -0.3 is 0 Å². The molecule has 6 heteroatoms. The second kappa shape index (κ2) is 4.20. The maximum Gasteiger partial charge on any atom is 0.258 e. The fraction of sp³-hybridized carbons (Fsp3) is 0.400. The molecule has 84 valence electrons. The van der Waals surface area contributed by atoms with Gasteiger partial charge in [-0.2, -0.15) is 5.26 Å². The highest BCUT2D eigenvalue weighted by atomic mass is 32.2. The molecule has 16 heavy (non-hydrogen) atoms. The minimum atomic E-state index is -3.57. The molecular weight excluding hydrogens is 226 g/mol. The number of hydrogen-bond acceptors (Lipinski definition) is 4. The number of pyridine rings is 1. The van der Waals surface area contributed by atoms with E-state index in [1.165, 1.54) is 18.3 Å². The van der Waals surface area contributed by atoms with Crippen LogP contribution in [0.4, 0.5) is 0 Å². The van der Waals surface area contributed by atoms with Crippen LogP contribution in [0, 0.1) is 11.3 Å². The van der Waals surface area contributed by atoms with Crippen LogP contribution in [0.5, 0.6) is 0 Å². The summed E-state index contributed by atoms with van der Waals surface area (Å²) in [6.45, 7) is 0. The van der Waals surface area contributed by atoms with Crippen molar-refractivity contribution >= 4 is 10.0 Å². The van der Waals surface area contributed by atoms with E-state index in [0.29, 0.717) is 5.56 Å². The first-order chi connectivity index (χ1) is 7.62. The molecule has 1 N–H and O–H groups in total. The highest BCUT2D eigenvalue weighted by Gasteiger charge is 2.25. The van der Waals surface area contributed by atoms with E-state index in [4.69, 9.17) is 5.26 Å². The molecule has 2 rings (SSSR count). The normalized spacial score (nSPS) is 16.4. The van der Waals surface area contributed by atoms with E-state index in [9.17, 15) is 8.42 Å². The molecule has 0 saturated heterocycles. The van der Waals surface area contributed by atoms with Gasteiger partial charge in [-0.3, -0.25) is 0 Å². The Morgan fingerprint density at radius 1 is 1.50 bits per heavy atom. The molecule has 1 heterocycles. The number of nitrogens with zero attached hydrogens (tertiary/aromatic N) is 2. The minimum absolute atomic E-state index is 0.0255. The van der Waals surface area contributed by atoms with Crippen molar-refractivity contribution < 1.29 is 8.42 Å². The SMILES string of the molecule is N#Cc1ccnc(S(=O)(=O)NC2CCC2)c1. The summed E-state index contributed by atoms with van der Waals surface area (Å²) >= 11 is 0. The van der Waals surface area contributed by atoms with Crippen molar-refractivity contribution in [1.82, 2.24) is 9.71 Å². The number of hydrogen-bond donors (Lipinski definition) is 1. The van der Waals surface area contributed by atoms with Gasteiger partial charge >= 0.3 is 0 Å². The Labute approximate surface area is 94.2 Å². The van der Waals surface area contributed by atoms with Crippen molar-refractivity contribution in [1.29, 1.82) is 5.26 Å². The maximum absolute atomic E-state index is 11.8. The van der Waals surface area contributed by atoms with Crippen molar-refractivity contribution in [2.45, 2.75) is 30.3 Å². The van der Waals surface area contributed by atoms with E-state index in [2.05, 4.69) is 9.71 Å². The lowest BCUT2D eigenvalue weighted by atomic mass is 9.94. The van der Waals surface area contributed by atoms with Gasteiger partial charge in [0.1, 0.15) is 0 Å². The van der Waals surface area contributed by atoms with E-state index in [0.717, 1.165) is 19.3 Å².